The largest absolute Gasteiger partial charge is 0.343 e. The Kier molecular flexibility index (Phi) is 5.23. The number of hydrogen-bond acceptors (Lipinski definition) is 4. The van der Waals surface area contributed by atoms with Gasteiger partial charge in [0.15, 0.2) is 5.17 Å². The molecule has 1 aliphatic heterocycles. The fourth-order valence-corrected chi connectivity index (χ4v) is 4.12. The number of aromatic nitrogens is 1. The average Bonchev–Trinajstić information content (AvgIpc) is 3.17. The standard InChI is InChI=1S/C17H22N4S2/c1-4-7-18-17-20-19-16(11-23-17)15-9-12(2)21(13(15)3)10-14-6-5-8-22-14/h5-6,8-9H,4,7,10-11H2,1-3H3,(H,18,20). The molecule has 1 aliphatic rings. The molecule has 0 aliphatic carbocycles. The minimum atomic E-state index is 0.857. The number of hydrazone groups is 1. The summed E-state index contributed by atoms with van der Waals surface area (Å²) in [5.41, 5.74) is 8.01. The zero-order chi connectivity index (χ0) is 16.2. The van der Waals surface area contributed by atoms with E-state index in [0.717, 1.165) is 36.1 Å². The van der Waals surface area contributed by atoms with Crippen molar-refractivity contribution < 1.29 is 0 Å². The third-order valence-corrected chi connectivity index (χ3v) is 5.66. The highest BCUT2D eigenvalue weighted by molar-refractivity contribution is 8.14. The Morgan fingerprint density at radius 1 is 1.39 bits per heavy atom. The van der Waals surface area contributed by atoms with Gasteiger partial charge in [0.05, 0.1) is 12.3 Å². The number of nitrogens with one attached hydrogen (secondary N) is 1. The van der Waals surface area contributed by atoms with Crippen molar-refractivity contribution >= 4 is 34.0 Å². The Labute approximate surface area is 145 Å². The maximum atomic E-state index is 4.55. The van der Waals surface area contributed by atoms with E-state index in [-0.39, 0.29) is 0 Å². The molecule has 0 radical (unpaired) electrons. The monoisotopic (exact) mass is 346 g/mol. The van der Waals surface area contributed by atoms with Gasteiger partial charge in [-0.05, 0) is 37.8 Å². The maximum absolute atomic E-state index is 4.55. The molecule has 122 valence electrons. The highest BCUT2D eigenvalue weighted by Gasteiger charge is 2.18. The lowest BCUT2D eigenvalue weighted by Crippen LogP contribution is -2.26. The Hall–Kier alpha value is -1.53. The fourth-order valence-electron chi connectivity index (χ4n) is 2.64. The van der Waals surface area contributed by atoms with E-state index in [1.54, 1.807) is 23.1 Å². The predicted molar refractivity (Wildman–Crippen MR) is 102 cm³/mol. The van der Waals surface area contributed by atoms with Gasteiger partial charge in [-0.25, -0.2) is 0 Å². The van der Waals surface area contributed by atoms with Crippen LogP contribution < -0.4 is 5.43 Å². The molecule has 3 rings (SSSR count). The van der Waals surface area contributed by atoms with Gasteiger partial charge < -0.3 is 4.57 Å². The van der Waals surface area contributed by atoms with Crippen molar-refractivity contribution in [1.82, 2.24) is 9.99 Å². The van der Waals surface area contributed by atoms with E-state index >= 15 is 0 Å². The summed E-state index contributed by atoms with van der Waals surface area (Å²) in [6.07, 6.45) is 1.06. The topological polar surface area (TPSA) is 41.7 Å². The van der Waals surface area contributed by atoms with Gasteiger partial charge in [0, 0.05) is 34.1 Å². The molecule has 0 fully saturated rings. The number of nitrogens with zero attached hydrogens (tertiary/aromatic N) is 3. The normalized spacial score (nSPS) is 16.5. The van der Waals surface area contributed by atoms with E-state index in [9.17, 15) is 0 Å². The molecule has 2 aromatic heterocycles. The zero-order valence-electron chi connectivity index (χ0n) is 13.8. The van der Waals surface area contributed by atoms with Gasteiger partial charge in [-0.1, -0.05) is 24.8 Å². The van der Waals surface area contributed by atoms with Gasteiger partial charge in [-0.3, -0.25) is 10.4 Å². The van der Waals surface area contributed by atoms with Crippen molar-refractivity contribution in [2.75, 3.05) is 12.3 Å². The van der Waals surface area contributed by atoms with Crippen LogP contribution in [0.25, 0.3) is 0 Å². The summed E-state index contributed by atoms with van der Waals surface area (Å²) < 4.78 is 2.37. The molecule has 0 spiro atoms. The number of aryl methyl sites for hydroxylation is 1. The molecule has 0 saturated carbocycles. The van der Waals surface area contributed by atoms with Crippen LogP contribution in [0.2, 0.25) is 0 Å². The number of aliphatic imine (C=N–C) groups is 1. The molecule has 0 bridgehead atoms. The number of hydrogen-bond donors (Lipinski definition) is 1. The molecule has 2 aromatic rings. The highest BCUT2D eigenvalue weighted by atomic mass is 32.2. The number of thioether (sulfide) groups is 1. The van der Waals surface area contributed by atoms with Crippen molar-refractivity contribution in [3.8, 4) is 0 Å². The number of thiophene rings is 1. The molecule has 1 N–H and O–H groups in total. The van der Waals surface area contributed by atoms with Crippen LogP contribution in [-0.2, 0) is 6.54 Å². The van der Waals surface area contributed by atoms with E-state index in [2.05, 4.69) is 64.4 Å². The molecule has 0 unspecified atom stereocenters. The lowest BCUT2D eigenvalue weighted by Gasteiger charge is -2.15. The second kappa shape index (κ2) is 7.36. The summed E-state index contributed by atoms with van der Waals surface area (Å²) in [5.74, 6) is 0.874. The van der Waals surface area contributed by atoms with E-state index in [1.165, 1.54) is 21.8 Å². The molecular formula is C17H22N4S2. The summed E-state index contributed by atoms with van der Waals surface area (Å²) in [4.78, 5) is 5.86. The van der Waals surface area contributed by atoms with Gasteiger partial charge in [-0.15, -0.1) is 11.3 Å². The van der Waals surface area contributed by atoms with Crippen molar-refractivity contribution in [2.45, 2.75) is 33.7 Å². The molecule has 0 amide bonds. The van der Waals surface area contributed by atoms with Gasteiger partial charge in [0.25, 0.3) is 0 Å². The molecule has 0 saturated heterocycles. The Morgan fingerprint density at radius 3 is 2.91 bits per heavy atom. The van der Waals surface area contributed by atoms with Crippen LogP contribution in [0.15, 0.2) is 33.7 Å². The summed E-state index contributed by atoms with van der Waals surface area (Å²) in [5, 5.41) is 7.62. The first kappa shape index (κ1) is 16.3. The van der Waals surface area contributed by atoms with E-state index < -0.39 is 0 Å². The molecule has 4 nitrogen and oxygen atoms in total. The van der Waals surface area contributed by atoms with E-state index in [0.29, 0.717) is 0 Å². The minimum absolute atomic E-state index is 0.857. The van der Waals surface area contributed by atoms with Crippen LogP contribution in [0.3, 0.4) is 0 Å². The van der Waals surface area contributed by atoms with Crippen LogP contribution >= 0.6 is 23.1 Å². The second-order valence-electron chi connectivity index (χ2n) is 5.60. The van der Waals surface area contributed by atoms with E-state index in [1.807, 2.05) is 0 Å². The Morgan fingerprint density at radius 2 is 2.26 bits per heavy atom. The van der Waals surface area contributed by atoms with Crippen LogP contribution in [0.5, 0.6) is 0 Å². The van der Waals surface area contributed by atoms with Crippen LogP contribution in [-0.4, -0.2) is 27.7 Å². The zero-order valence-corrected chi connectivity index (χ0v) is 15.4. The quantitative estimate of drug-likeness (QED) is 0.888. The van der Waals surface area contributed by atoms with Crippen molar-refractivity contribution in [3.05, 3.63) is 45.4 Å². The molecule has 0 aromatic carbocycles. The minimum Gasteiger partial charge on any atom is -0.343 e. The molecule has 23 heavy (non-hydrogen) atoms. The number of rotatable bonds is 5. The average molecular weight is 347 g/mol. The van der Waals surface area contributed by atoms with Crippen LogP contribution in [0.1, 0.15) is 35.2 Å². The third kappa shape index (κ3) is 3.70. The molecule has 6 heteroatoms. The summed E-state index contributed by atoms with van der Waals surface area (Å²) in [7, 11) is 0. The number of amidine groups is 1. The maximum Gasteiger partial charge on any atom is 0.177 e. The molecular weight excluding hydrogens is 324 g/mol. The lowest BCUT2D eigenvalue weighted by atomic mass is 10.1. The van der Waals surface area contributed by atoms with Gasteiger partial charge in [-0.2, -0.15) is 5.10 Å². The highest BCUT2D eigenvalue weighted by Crippen LogP contribution is 2.22. The van der Waals surface area contributed by atoms with Crippen molar-refractivity contribution in [3.63, 3.8) is 0 Å². The molecule has 3 heterocycles. The van der Waals surface area contributed by atoms with Gasteiger partial charge in [0.2, 0.25) is 0 Å². The first-order chi connectivity index (χ1) is 11.2. The second-order valence-corrected chi connectivity index (χ2v) is 7.59. The van der Waals surface area contributed by atoms with Crippen LogP contribution in [0.4, 0.5) is 0 Å². The first-order valence-electron chi connectivity index (χ1n) is 7.88. The Balaban J connectivity index is 1.80. The van der Waals surface area contributed by atoms with Crippen molar-refractivity contribution in [1.29, 1.82) is 0 Å². The van der Waals surface area contributed by atoms with Crippen molar-refractivity contribution in [2.24, 2.45) is 10.1 Å². The van der Waals surface area contributed by atoms with Gasteiger partial charge >= 0.3 is 0 Å². The third-order valence-electron chi connectivity index (χ3n) is 3.89. The lowest BCUT2D eigenvalue weighted by molar-refractivity contribution is 0.758. The fraction of sp³-hybridized carbons (Fsp3) is 0.412. The SMILES string of the molecule is CCCN=C1NN=C(c2cc(C)n(Cc3cccs3)c2C)CS1. The van der Waals surface area contributed by atoms with Crippen LogP contribution in [0, 0.1) is 13.8 Å². The smallest absolute Gasteiger partial charge is 0.177 e. The Bertz CT molecular complexity index is 726. The molecule has 0 atom stereocenters. The predicted octanol–water partition coefficient (Wildman–Crippen LogP) is 4.02. The summed E-state index contributed by atoms with van der Waals surface area (Å²) in [6, 6.07) is 6.55. The summed E-state index contributed by atoms with van der Waals surface area (Å²) in [6.45, 7) is 8.28. The van der Waals surface area contributed by atoms with E-state index in [4.69, 9.17) is 0 Å². The first-order valence-corrected chi connectivity index (χ1v) is 9.75. The van der Waals surface area contributed by atoms with Gasteiger partial charge in [0.1, 0.15) is 0 Å². The summed E-state index contributed by atoms with van der Waals surface area (Å²) >= 11 is 3.54.